The van der Waals surface area contributed by atoms with Gasteiger partial charge >= 0.3 is 0 Å². The van der Waals surface area contributed by atoms with Crippen LogP contribution in [0.2, 0.25) is 0 Å². The standard InChI is InChI=1S/C14H28N2O2/c1-13(17)14-4-2-5-16(12-14)7-3-6-15-8-10-18-11-9-15/h13-14,17H,2-12H2,1H3. The molecule has 0 radical (unpaired) electrons. The maximum absolute atomic E-state index is 9.68. The quantitative estimate of drug-likeness (QED) is 0.789. The molecule has 0 amide bonds. The molecule has 4 nitrogen and oxygen atoms in total. The highest BCUT2D eigenvalue weighted by Crippen LogP contribution is 2.19. The molecular weight excluding hydrogens is 228 g/mol. The highest BCUT2D eigenvalue weighted by atomic mass is 16.5. The number of ether oxygens (including phenoxy) is 1. The van der Waals surface area contributed by atoms with Gasteiger partial charge in [-0.15, -0.1) is 0 Å². The summed E-state index contributed by atoms with van der Waals surface area (Å²) in [7, 11) is 0. The first-order chi connectivity index (χ1) is 8.75. The molecule has 18 heavy (non-hydrogen) atoms. The number of nitrogens with zero attached hydrogens (tertiary/aromatic N) is 2. The van der Waals surface area contributed by atoms with Gasteiger partial charge < -0.3 is 14.7 Å². The lowest BCUT2D eigenvalue weighted by atomic mass is 9.93. The molecule has 0 saturated carbocycles. The molecule has 0 spiro atoms. The minimum atomic E-state index is -0.146. The van der Waals surface area contributed by atoms with Crippen molar-refractivity contribution in [3.8, 4) is 0 Å². The summed E-state index contributed by atoms with van der Waals surface area (Å²) >= 11 is 0. The third kappa shape index (κ3) is 4.50. The van der Waals surface area contributed by atoms with E-state index < -0.39 is 0 Å². The minimum Gasteiger partial charge on any atom is -0.393 e. The largest absolute Gasteiger partial charge is 0.393 e. The molecule has 1 N–H and O–H groups in total. The summed E-state index contributed by atoms with van der Waals surface area (Å²) < 4.78 is 5.36. The van der Waals surface area contributed by atoms with E-state index >= 15 is 0 Å². The normalized spacial score (nSPS) is 29.3. The molecule has 0 aromatic rings. The van der Waals surface area contributed by atoms with Crippen LogP contribution in [0.5, 0.6) is 0 Å². The van der Waals surface area contributed by atoms with Crippen molar-refractivity contribution in [2.24, 2.45) is 5.92 Å². The predicted molar refractivity (Wildman–Crippen MR) is 72.7 cm³/mol. The second-order valence-electron chi connectivity index (χ2n) is 5.75. The van der Waals surface area contributed by atoms with Crippen molar-refractivity contribution in [1.82, 2.24) is 9.80 Å². The number of aliphatic hydroxyl groups is 1. The van der Waals surface area contributed by atoms with E-state index in [-0.39, 0.29) is 6.10 Å². The van der Waals surface area contributed by atoms with Crippen LogP contribution in [-0.2, 0) is 4.74 Å². The molecule has 2 aliphatic heterocycles. The van der Waals surface area contributed by atoms with Crippen molar-refractivity contribution in [1.29, 1.82) is 0 Å². The van der Waals surface area contributed by atoms with Crippen LogP contribution >= 0.6 is 0 Å². The van der Waals surface area contributed by atoms with Gasteiger partial charge in [0, 0.05) is 19.6 Å². The molecule has 4 heteroatoms. The molecule has 2 aliphatic rings. The van der Waals surface area contributed by atoms with Crippen LogP contribution in [0.3, 0.4) is 0 Å². The first-order valence-corrected chi connectivity index (χ1v) is 7.46. The van der Waals surface area contributed by atoms with Gasteiger partial charge in [-0.3, -0.25) is 4.90 Å². The van der Waals surface area contributed by atoms with Gasteiger partial charge in [0.05, 0.1) is 19.3 Å². The average molecular weight is 256 g/mol. The first kappa shape index (κ1) is 14.3. The maximum atomic E-state index is 9.68. The van der Waals surface area contributed by atoms with E-state index in [9.17, 15) is 5.11 Å². The van der Waals surface area contributed by atoms with Crippen molar-refractivity contribution in [3.63, 3.8) is 0 Å². The molecule has 2 rings (SSSR count). The fourth-order valence-electron chi connectivity index (χ4n) is 3.03. The average Bonchev–Trinajstić information content (AvgIpc) is 2.40. The molecule has 0 aliphatic carbocycles. The van der Waals surface area contributed by atoms with Gasteiger partial charge in [0.15, 0.2) is 0 Å². The Labute approximate surface area is 111 Å². The van der Waals surface area contributed by atoms with E-state index in [0.717, 1.165) is 32.8 Å². The topological polar surface area (TPSA) is 35.9 Å². The zero-order valence-corrected chi connectivity index (χ0v) is 11.7. The third-order valence-corrected chi connectivity index (χ3v) is 4.28. The summed E-state index contributed by atoms with van der Waals surface area (Å²) in [6, 6.07) is 0. The predicted octanol–water partition coefficient (Wildman–Crippen LogP) is 0.802. The lowest BCUT2D eigenvalue weighted by Crippen LogP contribution is -2.42. The van der Waals surface area contributed by atoms with Crippen molar-refractivity contribution in [3.05, 3.63) is 0 Å². The molecule has 0 aromatic heterocycles. The summed E-state index contributed by atoms with van der Waals surface area (Å²) in [5, 5.41) is 9.68. The number of hydrogen-bond acceptors (Lipinski definition) is 4. The molecule has 106 valence electrons. The minimum absolute atomic E-state index is 0.146. The highest BCUT2D eigenvalue weighted by Gasteiger charge is 2.23. The summed E-state index contributed by atoms with van der Waals surface area (Å²) in [5.74, 6) is 0.488. The van der Waals surface area contributed by atoms with Crippen molar-refractivity contribution < 1.29 is 9.84 Å². The smallest absolute Gasteiger partial charge is 0.0594 e. The van der Waals surface area contributed by atoms with Crippen LogP contribution in [-0.4, -0.2) is 73.5 Å². The Kier molecular flexibility index (Phi) is 5.89. The third-order valence-electron chi connectivity index (χ3n) is 4.28. The van der Waals surface area contributed by atoms with Crippen LogP contribution in [0.25, 0.3) is 0 Å². The summed E-state index contributed by atoms with van der Waals surface area (Å²) in [4.78, 5) is 5.03. The van der Waals surface area contributed by atoms with Crippen LogP contribution in [0, 0.1) is 5.92 Å². The van der Waals surface area contributed by atoms with E-state index in [2.05, 4.69) is 9.80 Å². The fraction of sp³-hybridized carbons (Fsp3) is 1.00. The number of likely N-dealkylation sites (tertiary alicyclic amines) is 1. The lowest BCUT2D eigenvalue weighted by molar-refractivity contribution is 0.0326. The van der Waals surface area contributed by atoms with E-state index in [4.69, 9.17) is 4.74 Å². The zero-order chi connectivity index (χ0) is 12.8. The highest BCUT2D eigenvalue weighted by molar-refractivity contribution is 4.76. The van der Waals surface area contributed by atoms with Gasteiger partial charge in [0.2, 0.25) is 0 Å². The van der Waals surface area contributed by atoms with E-state index in [1.807, 2.05) is 6.92 Å². The summed E-state index contributed by atoms with van der Waals surface area (Å²) in [5.41, 5.74) is 0. The van der Waals surface area contributed by atoms with Crippen LogP contribution in [0.4, 0.5) is 0 Å². The molecule has 2 unspecified atom stereocenters. The Morgan fingerprint density at radius 3 is 2.61 bits per heavy atom. The van der Waals surface area contributed by atoms with Gasteiger partial charge in [0.25, 0.3) is 0 Å². The fourth-order valence-corrected chi connectivity index (χ4v) is 3.03. The summed E-state index contributed by atoms with van der Waals surface area (Å²) in [6.07, 6.45) is 3.53. The van der Waals surface area contributed by atoms with Crippen LogP contribution in [0.15, 0.2) is 0 Å². The monoisotopic (exact) mass is 256 g/mol. The molecule has 2 fully saturated rings. The molecule has 0 aromatic carbocycles. The number of rotatable bonds is 5. The molecular formula is C14H28N2O2. The van der Waals surface area contributed by atoms with E-state index in [0.29, 0.717) is 5.92 Å². The Bertz CT molecular complexity index is 230. The Morgan fingerprint density at radius 2 is 1.89 bits per heavy atom. The van der Waals surface area contributed by atoms with Crippen molar-refractivity contribution >= 4 is 0 Å². The molecule has 2 heterocycles. The number of aliphatic hydroxyl groups excluding tert-OH is 1. The first-order valence-electron chi connectivity index (χ1n) is 7.46. The van der Waals surface area contributed by atoms with Crippen molar-refractivity contribution in [2.75, 3.05) is 52.5 Å². The Morgan fingerprint density at radius 1 is 1.17 bits per heavy atom. The van der Waals surface area contributed by atoms with Gasteiger partial charge in [-0.25, -0.2) is 0 Å². The van der Waals surface area contributed by atoms with Crippen LogP contribution < -0.4 is 0 Å². The van der Waals surface area contributed by atoms with Gasteiger partial charge in [-0.2, -0.15) is 0 Å². The van der Waals surface area contributed by atoms with Gasteiger partial charge in [-0.1, -0.05) is 0 Å². The zero-order valence-electron chi connectivity index (χ0n) is 11.7. The molecule has 0 bridgehead atoms. The van der Waals surface area contributed by atoms with Gasteiger partial charge in [0.1, 0.15) is 0 Å². The lowest BCUT2D eigenvalue weighted by Gasteiger charge is -2.34. The van der Waals surface area contributed by atoms with E-state index in [1.54, 1.807) is 0 Å². The Balaban J connectivity index is 1.60. The SMILES string of the molecule is CC(O)C1CCCN(CCCN2CCOCC2)C1. The number of morpholine rings is 1. The van der Waals surface area contributed by atoms with Crippen molar-refractivity contribution in [2.45, 2.75) is 32.3 Å². The number of piperidine rings is 1. The summed E-state index contributed by atoms with van der Waals surface area (Å²) in [6.45, 7) is 10.6. The molecule has 2 saturated heterocycles. The van der Waals surface area contributed by atoms with Gasteiger partial charge in [-0.05, 0) is 51.7 Å². The second-order valence-corrected chi connectivity index (χ2v) is 5.75. The Hall–Kier alpha value is -0.160. The maximum Gasteiger partial charge on any atom is 0.0594 e. The second kappa shape index (κ2) is 7.43. The van der Waals surface area contributed by atoms with Crippen LogP contribution in [0.1, 0.15) is 26.2 Å². The molecule has 2 atom stereocenters. The van der Waals surface area contributed by atoms with E-state index in [1.165, 1.54) is 38.9 Å². The number of hydrogen-bond donors (Lipinski definition) is 1.